The van der Waals surface area contributed by atoms with Crippen molar-refractivity contribution in [3.63, 3.8) is 0 Å². The Balaban J connectivity index is 1.84. The summed E-state index contributed by atoms with van der Waals surface area (Å²) >= 11 is 0. The molecule has 7 nitrogen and oxygen atoms in total. The van der Waals surface area contributed by atoms with Gasteiger partial charge in [-0.25, -0.2) is 4.98 Å². The number of rotatable bonds is 11. The van der Waals surface area contributed by atoms with E-state index in [1.54, 1.807) is 12.1 Å². The van der Waals surface area contributed by atoms with Crippen molar-refractivity contribution in [2.45, 2.75) is 40.2 Å². The number of hydrogen-bond donors (Lipinski definition) is 0. The molecule has 0 radical (unpaired) electrons. The molecule has 0 bridgehead atoms. The molecule has 0 atom stereocenters. The molecule has 0 saturated heterocycles. The first-order chi connectivity index (χ1) is 14.5. The van der Waals surface area contributed by atoms with Crippen molar-refractivity contribution in [1.29, 1.82) is 0 Å². The Morgan fingerprint density at radius 1 is 1.07 bits per heavy atom. The van der Waals surface area contributed by atoms with Crippen molar-refractivity contribution in [3.8, 4) is 5.75 Å². The Kier molecular flexibility index (Phi) is 7.41. The summed E-state index contributed by atoms with van der Waals surface area (Å²) in [4.78, 5) is 17.9. The highest BCUT2D eigenvalue weighted by atomic mass is 16.6. The highest BCUT2D eigenvalue weighted by Gasteiger charge is 2.15. The lowest BCUT2D eigenvalue weighted by molar-refractivity contribution is -0.384. The topological polar surface area (TPSA) is 73.4 Å². The fourth-order valence-corrected chi connectivity index (χ4v) is 3.68. The molecule has 0 unspecified atom stereocenters. The van der Waals surface area contributed by atoms with E-state index in [0.717, 1.165) is 56.1 Å². The van der Waals surface area contributed by atoms with Crippen molar-refractivity contribution in [3.05, 3.63) is 64.0 Å². The molecule has 0 aliphatic rings. The maximum atomic E-state index is 11.2. The summed E-state index contributed by atoms with van der Waals surface area (Å²) in [6, 6.07) is 13.1. The molecule has 3 aromatic rings. The first kappa shape index (κ1) is 21.8. The summed E-state index contributed by atoms with van der Waals surface area (Å²) in [5, 5.41) is 11.2. The number of nitro groups is 1. The Hall–Kier alpha value is -2.93. The average molecular weight is 411 g/mol. The molecule has 0 spiro atoms. The number of benzene rings is 2. The van der Waals surface area contributed by atoms with Gasteiger partial charge in [0.05, 0.1) is 22.6 Å². The molecule has 0 amide bonds. The summed E-state index contributed by atoms with van der Waals surface area (Å²) in [5.41, 5.74) is 2.93. The smallest absolute Gasteiger partial charge is 0.271 e. The molecule has 30 heavy (non-hydrogen) atoms. The van der Waals surface area contributed by atoms with E-state index in [-0.39, 0.29) is 10.6 Å². The zero-order valence-electron chi connectivity index (χ0n) is 18.0. The van der Waals surface area contributed by atoms with Gasteiger partial charge in [-0.3, -0.25) is 10.1 Å². The van der Waals surface area contributed by atoms with Crippen LogP contribution in [0.1, 0.15) is 32.2 Å². The van der Waals surface area contributed by atoms with Crippen LogP contribution in [0.5, 0.6) is 5.75 Å². The number of non-ortho nitro benzene ring substituents is 1. The van der Waals surface area contributed by atoms with Crippen LogP contribution in [-0.2, 0) is 19.4 Å². The molecule has 1 aromatic heterocycles. The highest BCUT2D eigenvalue weighted by molar-refractivity contribution is 5.78. The van der Waals surface area contributed by atoms with Crippen molar-refractivity contribution < 1.29 is 9.66 Å². The number of ether oxygens (including phenoxy) is 1. The second-order valence-electron chi connectivity index (χ2n) is 7.21. The van der Waals surface area contributed by atoms with Crippen molar-refractivity contribution in [2.75, 3.05) is 26.2 Å². The number of aromatic nitrogens is 2. The van der Waals surface area contributed by atoms with Gasteiger partial charge in [0, 0.05) is 31.6 Å². The summed E-state index contributed by atoms with van der Waals surface area (Å²) < 4.78 is 7.73. The second kappa shape index (κ2) is 10.2. The third-order valence-corrected chi connectivity index (χ3v) is 5.43. The molecule has 0 N–H and O–H groups in total. The quantitative estimate of drug-likeness (QED) is 0.344. The molecule has 0 saturated carbocycles. The minimum absolute atomic E-state index is 0.0777. The lowest BCUT2D eigenvalue weighted by Crippen LogP contribution is -2.27. The maximum Gasteiger partial charge on any atom is 0.271 e. The van der Waals surface area contributed by atoms with Crippen molar-refractivity contribution in [2.24, 2.45) is 0 Å². The molecule has 7 heteroatoms. The lowest BCUT2D eigenvalue weighted by Gasteiger charge is -2.19. The van der Waals surface area contributed by atoms with Crippen LogP contribution in [0.2, 0.25) is 0 Å². The van der Waals surface area contributed by atoms with Crippen LogP contribution in [0.3, 0.4) is 0 Å². The predicted molar refractivity (Wildman–Crippen MR) is 119 cm³/mol. The SMILES string of the molecule is CCOc1ccc(CCc2nc3cc([N+](=O)[O-])ccc3n2CCN(CC)CC)cc1. The molecule has 0 aliphatic carbocycles. The fourth-order valence-electron chi connectivity index (χ4n) is 3.68. The summed E-state index contributed by atoms with van der Waals surface area (Å²) in [5.74, 6) is 1.84. The number of fused-ring (bicyclic) bond motifs is 1. The average Bonchev–Trinajstić information content (AvgIpc) is 3.11. The number of imidazole rings is 1. The number of nitrogens with zero attached hydrogens (tertiary/aromatic N) is 4. The van der Waals surface area contributed by atoms with Crippen LogP contribution in [0.25, 0.3) is 11.0 Å². The normalized spacial score (nSPS) is 11.3. The molecule has 0 aliphatic heterocycles. The van der Waals surface area contributed by atoms with Crippen LogP contribution in [0, 0.1) is 10.1 Å². The molecule has 1 heterocycles. The van der Waals surface area contributed by atoms with Crippen LogP contribution < -0.4 is 4.74 Å². The first-order valence-electron chi connectivity index (χ1n) is 10.6. The third kappa shape index (κ3) is 5.16. The summed E-state index contributed by atoms with van der Waals surface area (Å²) in [7, 11) is 0. The zero-order valence-corrected chi connectivity index (χ0v) is 18.0. The molecular formula is C23H30N4O3. The maximum absolute atomic E-state index is 11.2. The van der Waals surface area contributed by atoms with E-state index in [1.165, 1.54) is 5.56 Å². The largest absolute Gasteiger partial charge is 0.494 e. The van der Waals surface area contributed by atoms with E-state index in [1.807, 2.05) is 25.1 Å². The molecule has 3 rings (SSSR count). The molecule has 160 valence electrons. The van der Waals surface area contributed by atoms with Gasteiger partial charge in [0.2, 0.25) is 0 Å². The van der Waals surface area contributed by atoms with Gasteiger partial charge in [-0.15, -0.1) is 0 Å². The Morgan fingerprint density at radius 2 is 1.80 bits per heavy atom. The zero-order chi connectivity index (χ0) is 21.5. The van der Waals surface area contributed by atoms with Crippen LogP contribution in [-0.4, -0.2) is 45.6 Å². The first-order valence-corrected chi connectivity index (χ1v) is 10.6. The highest BCUT2D eigenvalue weighted by Crippen LogP contribution is 2.23. The van der Waals surface area contributed by atoms with Crippen LogP contribution in [0.4, 0.5) is 5.69 Å². The van der Waals surface area contributed by atoms with Crippen molar-refractivity contribution >= 4 is 16.7 Å². The molecule has 0 fully saturated rings. The van der Waals surface area contributed by atoms with Gasteiger partial charge in [-0.05, 0) is 50.2 Å². The van der Waals surface area contributed by atoms with Gasteiger partial charge >= 0.3 is 0 Å². The van der Waals surface area contributed by atoms with Crippen LogP contribution in [0.15, 0.2) is 42.5 Å². The number of aryl methyl sites for hydroxylation is 2. The van der Waals surface area contributed by atoms with E-state index < -0.39 is 0 Å². The van der Waals surface area contributed by atoms with Gasteiger partial charge in [0.15, 0.2) is 0 Å². The molecular weight excluding hydrogens is 380 g/mol. The minimum Gasteiger partial charge on any atom is -0.494 e. The Labute approximate surface area is 177 Å². The van der Waals surface area contributed by atoms with E-state index in [9.17, 15) is 10.1 Å². The van der Waals surface area contributed by atoms with Crippen LogP contribution >= 0.6 is 0 Å². The van der Waals surface area contributed by atoms with Gasteiger partial charge in [-0.1, -0.05) is 26.0 Å². The van der Waals surface area contributed by atoms with E-state index in [0.29, 0.717) is 12.1 Å². The standard InChI is InChI=1S/C23H30N4O3/c1-4-25(5-2)15-16-26-22-13-10-19(27(28)29)17-21(22)24-23(26)14-9-18-7-11-20(12-8-18)30-6-3/h7-8,10-13,17H,4-6,9,14-16H2,1-3H3. The van der Waals surface area contributed by atoms with Crippen molar-refractivity contribution in [1.82, 2.24) is 14.5 Å². The van der Waals surface area contributed by atoms with Gasteiger partial charge in [-0.2, -0.15) is 0 Å². The Bertz CT molecular complexity index is 978. The number of nitro benzene ring substituents is 1. The predicted octanol–water partition coefficient (Wildman–Crippen LogP) is 4.47. The van der Waals surface area contributed by atoms with Gasteiger partial charge < -0.3 is 14.2 Å². The van der Waals surface area contributed by atoms with Gasteiger partial charge in [0.1, 0.15) is 11.6 Å². The number of hydrogen-bond acceptors (Lipinski definition) is 5. The summed E-state index contributed by atoms with van der Waals surface area (Å²) in [6.07, 6.45) is 1.62. The fraction of sp³-hybridized carbons (Fsp3) is 0.435. The Morgan fingerprint density at radius 3 is 2.43 bits per heavy atom. The third-order valence-electron chi connectivity index (χ3n) is 5.43. The monoisotopic (exact) mass is 410 g/mol. The minimum atomic E-state index is -0.367. The van der Waals surface area contributed by atoms with E-state index >= 15 is 0 Å². The van der Waals surface area contributed by atoms with Gasteiger partial charge in [0.25, 0.3) is 5.69 Å². The number of likely N-dealkylation sites (N-methyl/N-ethyl adjacent to an activating group) is 1. The van der Waals surface area contributed by atoms with E-state index in [4.69, 9.17) is 9.72 Å². The molecule has 2 aromatic carbocycles. The summed E-state index contributed by atoms with van der Waals surface area (Å²) in [6.45, 7) is 10.7. The lowest BCUT2D eigenvalue weighted by atomic mass is 10.1. The second-order valence-corrected chi connectivity index (χ2v) is 7.21. The van der Waals surface area contributed by atoms with E-state index in [2.05, 4.69) is 35.4 Å².